The molecule has 0 saturated carbocycles. The minimum absolute atomic E-state index is 0.0402. The molecule has 0 radical (unpaired) electrons. The van der Waals surface area contributed by atoms with E-state index < -0.39 is 0 Å². The van der Waals surface area contributed by atoms with Crippen LogP contribution in [0, 0.1) is 0 Å². The highest BCUT2D eigenvalue weighted by molar-refractivity contribution is 9.10. The van der Waals surface area contributed by atoms with Crippen LogP contribution in [0.25, 0.3) is 10.1 Å². The first-order valence-electron chi connectivity index (χ1n) is 4.12. The monoisotopic (exact) mass is 290 g/mol. The van der Waals surface area contributed by atoms with Crippen LogP contribution in [0.3, 0.4) is 0 Å². The summed E-state index contributed by atoms with van der Waals surface area (Å²) in [6.07, 6.45) is 0. The number of benzene rings is 1. The maximum atomic E-state index is 9.29. The fourth-order valence-corrected chi connectivity index (χ4v) is 3.31. The minimum Gasteiger partial charge on any atom is -0.392 e. The number of rotatable bonds is 2. The molecule has 0 aliphatic rings. The van der Waals surface area contributed by atoms with Crippen LogP contribution < -0.4 is 0 Å². The van der Waals surface area contributed by atoms with E-state index in [-0.39, 0.29) is 6.61 Å². The molecule has 1 aromatic heterocycles. The van der Waals surface area contributed by atoms with Gasteiger partial charge in [-0.1, -0.05) is 15.9 Å². The molecule has 0 aliphatic carbocycles. The Kier molecular flexibility index (Phi) is 3.12. The van der Waals surface area contributed by atoms with E-state index in [9.17, 15) is 5.11 Å². The predicted octanol–water partition coefficient (Wildman–Crippen LogP) is 3.89. The summed E-state index contributed by atoms with van der Waals surface area (Å²) in [4.78, 5) is 0. The quantitative estimate of drug-likeness (QED) is 0.832. The molecule has 1 aromatic carbocycles. The summed E-state index contributed by atoms with van der Waals surface area (Å²) in [5.74, 6) is 0.460. The molecule has 1 nitrogen and oxygen atoms in total. The average molecular weight is 292 g/mol. The molecule has 0 amide bonds. The Morgan fingerprint density at radius 1 is 1.50 bits per heavy atom. The molecule has 14 heavy (non-hydrogen) atoms. The van der Waals surface area contributed by atoms with E-state index >= 15 is 0 Å². The second kappa shape index (κ2) is 4.19. The van der Waals surface area contributed by atoms with E-state index in [1.165, 1.54) is 4.70 Å². The van der Waals surface area contributed by atoms with Gasteiger partial charge >= 0.3 is 0 Å². The second-order valence-corrected chi connectivity index (χ2v) is 4.96. The third-order valence-corrected chi connectivity index (χ3v) is 4.31. The first kappa shape index (κ1) is 10.4. The lowest BCUT2D eigenvalue weighted by Crippen LogP contribution is -1.91. The van der Waals surface area contributed by atoms with Crippen molar-refractivity contribution >= 4 is 49.0 Å². The number of hydrogen-bond donors (Lipinski definition) is 1. The number of hydrogen-bond acceptors (Lipinski definition) is 2. The molecule has 2 aromatic rings. The maximum Gasteiger partial charge on any atom is 0.0699 e. The summed E-state index contributed by atoms with van der Waals surface area (Å²) in [5, 5.41) is 12.4. The van der Waals surface area contributed by atoms with Gasteiger partial charge in [0.05, 0.1) is 6.61 Å². The van der Waals surface area contributed by atoms with Crippen LogP contribution in [-0.4, -0.2) is 5.11 Å². The smallest absolute Gasteiger partial charge is 0.0699 e. The SMILES string of the molecule is OCc1c(Br)c(CCl)cc2sccc12. The number of aliphatic hydroxyl groups is 1. The van der Waals surface area contributed by atoms with Crippen LogP contribution >= 0.6 is 38.9 Å². The lowest BCUT2D eigenvalue weighted by molar-refractivity contribution is 0.282. The van der Waals surface area contributed by atoms with Crippen molar-refractivity contribution in [3.8, 4) is 0 Å². The summed E-state index contributed by atoms with van der Waals surface area (Å²) >= 11 is 11.0. The van der Waals surface area contributed by atoms with Crippen LogP contribution in [0.4, 0.5) is 0 Å². The molecule has 1 N–H and O–H groups in total. The molecular weight excluding hydrogens is 284 g/mol. The van der Waals surface area contributed by atoms with Gasteiger partial charge in [-0.15, -0.1) is 22.9 Å². The van der Waals surface area contributed by atoms with Crippen molar-refractivity contribution in [2.45, 2.75) is 12.5 Å². The Morgan fingerprint density at radius 3 is 2.93 bits per heavy atom. The predicted molar refractivity (Wildman–Crippen MR) is 65.0 cm³/mol. The molecule has 0 saturated heterocycles. The summed E-state index contributed by atoms with van der Waals surface area (Å²) in [6, 6.07) is 4.09. The van der Waals surface area contributed by atoms with Gasteiger partial charge in [-0.05, 0) is 28.5 Å². The van der Waals surface area contributed by atoms with Crippen molar-refractivity contribution in [2.24, 2.45) is 0 Å². The fraction of sp³-hybridized carbons (Fsp3) is 0.200. The lowest BCUT2D eigenvalue weighted by atomic mass is 10.1. The van der Waals surface area contributed by atoms with Gasteiger partial charge < -0.3 is 5.11 Å². The van der Waals surface area contributed by atoms with Crippen molar-refractivity contribution in [3.05, 3.63) is 33.1 Å². The minimum atomic E-state index is 0.0402. The van der Waals surface area contributed by atoms with Crippen molar-refractivity contribution in [2.75, 3.05) is 0 Å². The molecule has 0 unspecified atom stereocenters. The number of halogens is 2. The van der Waals surface area contributed by atoms with E-state index in [1.807, 2.05) is 11.4 Å². The largest absolute Gasteiger partial charge is 0.392 e. The van der Waals surface area contributed by atoms with Crippen molar-refractivity contribution in [3.63, 3.8) is 0 Å². The summed E-state index contributed by atoms with van der Waals surface area (Å²) in [7, 11) is 0. The third-order valence-electron chi connectivity index (χ3n) is 2.17. The van der Waals surface area contributed by atoms with Gasteiger partial charge in [-0.25, -0.2) is 0 Å². The van der Waals surface area contributed by atoms with Crippen molar-refractivity contribution in [1.29, 1.82) is 0 Å². The van der Waals surface area contributed by atoms with E-state index in [0.717, 1.165) is 21.0 Å². The van der Waals surface area contributed by atoms with E-state index in [2.05, 4.69) is 22.0 Å². The van der Waals surface area contributed by atoms with E-state index in [1.54, 1.807) is 11.3 Å². The van der Waals surface area contributed by atoms with Crippen LogP contribution in [0.5, 0.6) is 0 Å². The summed E-state index contributed by atoms with van der Waals surface area (Å²) in [6.45, 7) is 0.0402. The number of thiophene rings is 1. The van der Waals surface area contributed by atoms with Crippen molar-refractivity contribution in [1.82, 2.24) is 0 Å². The molecule has 0 fully saturated rings. The Labute approximate surface area is 99.4 Å². The zero-order valence-corrected chi connectivity index (χ0v) is 10.4. The standard InChI is InChI=1S/C10H8BrClOS/c11-10-6(4-12)3-9-7(1-2-14-9)8(10)5-13/h1-3,13H,4-5H2. The number of aliphatic hydroxyl groups excluding tert-OH is 1. The number of fused-ring (bicyclic) bond motifs is 1. The zero-order valence-electron chi connectivity index (χ0n) is 7.26. The molecular formula is C10H8BrClOS. The van der Waals surface area contributed by atoms with Crippen molar-refractivity contribution < 1.29 is 5.11 Å². The first-order valence-corrected chi connectivity index (χ1v) is 6.33. The topological polar surface area (TPSA) is 20.2 Å². The maximum absolute atomic E-state index is 9.29. The molecule has 2 rings (SSSR count). The Balaban J connectivity index is 2.80. The van der Waals surface area contributed by atoms with Gasteiger partial charge in [0, 0.05) is 20.6 Å². The second-order valence-electron chi connectivity index (χ2n) is 2.95. The third kappa shape index (κ3) is 1.58. The lowest BCUT2D eigenvalue weighted by Gasteiger charge is -2.07. The molecule has 4 heteroatoms. The highest BCUT2D eigenvalue weighted by Crippen LogP contribution is 2.34. The van der Waals surface area contributed by atoms with Gasteiger partial charge in [-0.3, -0.25) is 0 Å². The zero-order chi connectivity index (χ0) is 10.1. The Morgan fingerprint density at radius 2 is 2.29 bits per heavy atom. The average Bonchev–Trinajstić information content (AvgIpc) is 2.64. The Hall–Kier alpha value is -0.0900. The molecule has 1 heterocycles. The van der Waals surface area contributed by atoms with Crippen LogP contribution in [0.1, 0.15) is 11.1 Å². The van der Waals surface area contributed by atoms with Gasteiger partial charge in [-0.2, -0.15) is 0 Å². The van der Waals surface area contributed by atoms with Gasteiger partial charge in [0.1, 0.15) is 0 Å². The molecule has 0 atom stereocenters. The summed E-state index contributed by atoms with van der Waals surface area (Å²) < 4.78 is 2.11. The van der Waals surface area contributed by atoms with Crippen LogP contribution in [0.2, 0.25) is 0 Å². The van der Waals surface area contributed by atoms with Gasteiger partial charge in [0.2, 0.25) is 0 Å². The van der Waals surface area contributed by atoms with E-state index in [0.29, 0.717) is 5.88 Å². The molecule has 0 aliphatic heterocycles. The Bertz CT molecular complexity index is 466. The van der Waals surface area contributed by atoms with E-state index in [4.69, 9.17) is 11.6 Å². The molecule has 74 valence electrons. The van der Waals surface area contributed by atoms with Gasteiger partial charge in [0.15, 0.2) is 0 Å². The van der Waals surface area contributed by atoms with Gasteiger partial charge in [0.25, 0.3) is 0 Å². The van der Waals surface area contributed by atoms with Crippen LogP contribution in [-0.2, 0) is 12.5 Å². The first-order chi connectivity index (χ1) is 6.77. The molecule has 0 spiro atoms. The normalized spacial score (nSPS) is 11.1. The number of alkyl halides is 1. The fourth-order valence-electron chi connectivity index (χ4n) is 1.47. The highest BCUT2D eigenvalue weighted by Gasteiger charge is 2.10. The summed E-state index contributed by atoms with van der Waals surface area (Å²) in [5.41, 5.74) is 1.96. The van der Waals surface area contributed by atoms with Crippen LogP contribution in [0.15, 0.2) is 22.0 Å². The highest BCUT2D eigenvalue weighted by atomic mass is 79.9. The molecule has 0 bridgehead atoms.